The van der Waals surface area contributed by atoms with E-state index < -0.39 is 5.97 Å². The molecule has 0 saturated heterocycles. The molecular weight excluding hydrogens is 298 g/mol. The van der Waals surface area contributed by atoms with Gasteiger partial charge in [-0.25, -0.2) is 0 Å². The molecule has 24 heavy (non-hydrogen) atoms. The number of unbranched alkanes of at least 4 members (excludes halogenated alkanes) is 15. The van der Waals surface area contributed by atoms with Gasteiger partial charge in [-0.2, -0.15) is 0 Å². The van der Waals surface area contributed by atoms with Crippen LogP contribution in [0.15, 0.2) is 0 Å². The van der Waals surface area contributed by atoms with Crippen LogP contribution in [0.3, 0.4) is 0 Å². The highest BCUT2D eigenvalue weighted by atomic mass is 16.4. The number of carboxylic acid groups (broad SMARTS) is 1. The van der Waals surface area contributed by atoms with E-state index in [4.69, 9.17) is 10.8 Å². The van der Waals surface area contributed by atoms with Crippen LogP contribution in [-0.2, 0) is 4.79 Å². The monoisotopic (exact) mass is 343 g/mol. The molecule has 0 aliphatic heterocycles. The molecule has 0 saturated carbocycles. The Hall–Kier alpha value is -0.570. The number of rotatable bonds is 17. The summed E-state index contributed by atoms with van der Waals surface area (Å²) < 4.78 is 0. The summed E-state index contributed by atoms with van der Waals surface area (Å²) in [4.78, 5) is 9.37. The summed E-state index contributed by atoms with van der Waals surface area (Å²) in [5.74, 6) is -0.745. The van der Waals surface area contributed by atoms with Gasteiger partial charge in [0.05, 0.1) is 0 Å². The molecule has 0 heterocycles. The van der Waals surface area contributed by atoms with Crippen molar-refractivity contribution >= 4 is 5.97 Å². The molecule has 3 N–H and O–H groups in total. The zero-order chi connectivity index (χ0) is 18.3. The third kappa shape index (κ3) is 29.4. The van der Waals surface area contributed by atoms with Crippen molar-refractivity contribution in [3.63, 3.8) is 0 Å². The topological polar surface area (TPSA) is 63.3 Å². The predicted octanol–water partition coefficient (Wildman–Crippen LogP) is 6.69. The summed E-state index contributed by atoms with van der Waals surface area (Å²) in [6.45, 7) is 4.76. The number of hydrogen-bond donors (Lipinski definition) is 2. The van der Waals surface area contributed by atoms with Crippen LogP contribution in [0, 0.1) is 0 Å². The minimum atomic E-state index is -0.745. The summed E-state index contributed by atoms with van der Waals surface area (Å²) in [7, 11) is 0. The maximum atomic E-state index is 9.37. The molecule has 0 aromatic carbocycles. The van der Waals surface area contributed by atoms with E-state index >= 15 is 0 Å². The van der Waals surface area contributed by atoms with Crippen LogP contribution < -0.4 is 5.73 Å². The Balaban J connectivity index is 0. The molecule has 3 nitrogen and oxygen atoms in total. The van der Waals surface area contributed by atoms with E-state index in [1.165, 1.54) is 103 Å². The van der Waals surface area contributed by atoms with E-state index in [0.29, 0.717) is 0 Å². The van der Waals surface area contributed by atoms with Crippen molar-refractivity contribution in [2.75, 3.05) is 6.54 Å². The lowest BCUT2D eigenvalue weighted by molar-refractivity contribution is -0.136. The van der Waals surface area contributed by atoms with Crippen molar-refractivity contribution in [1.82, 2.24) is 0 Å². The van der Waals surface area contributed by atoms with Gasteiger partial charge in [-0.3, -0.25) is 4.79 Å². The summed E-state index contributed by atoms with van der Waals surface area (Å²) in [6, 6.07) is 0. The van der Waals surface area contributed by atoms with Crippen LogP contribution in [-0.4, -0.2) is 17.6 Å². The smallest absolute Gasteiger partial charge is 0.303 e. The average Bonchev–Trinajstić information content (AvgIpc) is 2.59. The van der Waals surface area contributed by atoms with Gasteiger partial charge in [0.1, 0.15) is 0 Å². The second-order valence-corrected chi connectivity index (χ2v) is 6.84. The highest BCUT2D eigenvalue weighted by Crippen LogP contribution is 2.13. The number of hydrogen-bond acceptors (Lipinski definition) is 2. The quantitative estimate of drug-likeness (QED) is 0.289. The maximum Gasteiger partial charge on any atom is 0.303 e. The molecular formula is C21H45NO2. The van der Waals surface area contributed by atoms with E-state index in [1.54, 1.807) is 6.92 Å². The Labute approximate surface area is 151 Å². The summed E-state index contributed by atoms with van der Waals surface area (Å²) >= 11 is 0. The Morgan fingerprint density at radius 1 is 0.625 bits per heavy atom. The van der Waals surface area contributed by atoms with Crippen LogP contribution >= 0.6 is 0 Å². The van der Waals surface area contributed by atoms with Gasteiger partial charge in [0, 0.05) is 6.42 Å². The molecule has 0 radical (unpaired) electrons. The van der Waals surface area contributed by atoms with Crippen molar-refractivity contribution in [2.45, 2.75) is 123 Å². The third-order valence-corrected chi connectivity index (χ3v) is 4.36. The molecule has 0 aliphatic carbocycles. The first-order valence-electron chi connectivity index (χ1n) is 10.6. The zero-order valence-electron chi connectivity index (χ0n) is 16.7. The van der Waals surface area contributed by atoms with Gasteiger partial charge in [-0.1, -0.05) is 110 Å². The lowest BCUT2D eigenvalue weighted by Crippen LogP contribution is -1.97. The van der Waals surface area contributed by atoms with Gasteiger partial charge in [0.15, 0.2) is 0 Å². The first-order chi connectivity index (χ1) is 11.7. The van der Waals surface area contributed by atoms with Crippen LogP contribution in [0.2, 0.25) is 0 Å². The van der Waals surface area contributed by atoms with E-state index in [0.717, 1.165) is 6.54 Å². The molecule has 0 rings (SSSR count). The van der Waals surface area contributed by atoms with E-state index in [1.807, 2.05) is 0 Å². The maximum absolute atomic E-state index is 9.37. The summed E-state index contributed by atoms with van der Waals surface area (Å²) in [5.41, 5.74) is 5.48. The molecule has 0 aromatic rings. The standard InChI is InChI=1S/C18H39N.C3H6O2/c1-2-3-4-5-6-7-8-9-10-11-12-13-14-15-16-17-18-19;1-2-3(4)5/h2-19H2,1H3;2H2,1H3,(H,4,5). The van der Waals surface area contributed by atoms with Gasteiger partial charge in [0.2, 0.25) is 0 Å². The van der Waals surface area contributed by atoms with Gasteiger partial charge in [-0.15, -0.1) is 0 Å². The highest BCUT2D eigenvalue weighted by molar-refractivity contribution is 5.66. The van der Waals surface area contributed by atoms with Crippen molar-refractivity contribution in [2.24, 2.45) is 5.73 Å². The normalized spacial score (nSPS) is 10.3. The van der Waals surface area contributed by atoms with Crippen molar-refractivity contribution in [1.29, 1.82) is 0 Å². The molecule has 0 spiro atoms. The predicted molar refractivity (Wildman–Crippen MR) is 107 cm³/mol. The second kappa shape index (κ2) is 24.7. The van der Waals surface area contributed by atoms with Crippen LogP contribution in [0.4, 0.5) is 0 Å². The Bertz CT molecular complexity index is 216. The van der Waals surface area contributed by atoms with Crippen molar-refractivity contribution in [3.8, 4) is 0 Å². The number of carboxylic acids is 1. The fourth-order valence-corrected chi connectivity index (χ4v) is 2.69. The third-order valence-electron chi connectivity index (χ3n) is 4.36. The van der Waals surface area contributed by atoms with E-state index in [-0.39, 0.29) is 6.42 Å². The fraction of sp³-hybridized carbons (Fsp3) is 0.952. The molecule has 0 aromatic heterocycles. The van der Waals surface area contributed by atoms with E-state index in [2.05, 4.69) is 6.92 Å². The number of aliphatic carboxylic acids is 1. The van der Waals surface area contributed by atoms with Crippen molar-refractivity contribution < 1.29 is 9.90 Å². The first-order valence-corrected chi connectivity index (χ1v) is 10.6. The lowest BCUT2D eigenvalue weighted by Gasteiger charge is -2.03. The van der Waals surface area contributed by atoms with Gasteiger partial charge < -0.3 is 10.8 Å². The Kier molecular flexibility index (Phi) is 26.4. The number of nitrogens with two attached hydrogens (primary N) is 1. The van der Waals surface area contributed by atoms with Gasteiger partial charge >= 0.3 is 5.97 Å². The molecule has 146 valence electrons. The van der Waals surface area contributed by atoms with Crippen LogP contribution in [0.1, 0.15) is 123 Å². The SMILES string of the molecule is CCC(=O)O.CCCCCCCCCCCCCCCCCCN. The molecule has 0 aliphatic rings. The number of carbonyl (C=O) groups is 1. The second-order valence-electron chi connectivity index (χ2n) is 6.84. The first kappa shape index (κ1) is 25.7. The van der Waals surface area contributed by atoms with Gasteiger partial charge in [0.25, 0.3) is 0 Å². The summed E-state index contributed by atoms with van der Waals surface area (Å²) in [6.07, 6.45) is 23.1. The van der Waals surface area contributed by atoms with E-state index in [9.17, 15) is 4.79 Å². The molecule has 0 atom stereocenters. The molecule has 0 unspecified atom stereocenters. The minimum absolute atomic E-state index is 0.222. The van der Waals surface area contributed by atoms with Gasteiger partial charge in [-0.05, 0) is 13.0 Å². The van der Waals surface area contributed by atoms with Crippen LogP contribution in [0.5, 0.6) is 0 Å². The Morgan fingerprint density at radius 2 is 0.875 bits per heavy atom. The van der Waals surface area contributed by atoms with Crippen molar-refractivity contribution in [3.05, 3.63) is 0 Å². The highest BCUT2D eigenvalue weighted by Gasteiger charge is 1.94. The molecule has 0 bridgehead atoms. The lowest BCUT2D eigenvalue weighted by atomic mass is 10.0. The fourth-order valence-electron chi connectivity index (χ4n) is 2.69. The largest absolute Gasteiger partial charge is 0.481 e. The minimum Gasteiger partial charge on any atom is -0.481 e. The molecule has 0 fully saturated rings. The van der Waals surface area contributed by atoms with Crippen LogP contribution in [0.25, 0.3) is 0 Å². The Morgan fingerprint density at radius 3 is 1.08 bits per heavy atom. The molecule has 0 amide bonds. The molecule has 3 heteroatoms. The average molecular weight is 344 g/mol. The zero-order valence-corrected chi connectivity index (χ0v) is 16.7. The summed E-state index contributed by atoms with van der Waals surface area (Å²) in [5, 5.41) is 7.72.